The molecule has 0 bridgehead atoms. The first-order chi connectivity index (χ1) is 9.39. The molecule has 0 aromatic rings. The predicted molar refractivity (Wildman–Crippen MR) is 65.7 cm³/mol. The largest absolute Gasteiger partial charge is 0.392 e. The van der Waals surface area contributed by atoms with Crippen molar-refractivity contribution in [3.8, 4) is 0 Å². The van der Waals surface area contributed by atoms with Gasteiger partial charge in [0.15, 0.2) is 0 Å². The van der Waals surface area contributed by atoms with Crippen molar-refractivity contribution in [2.45, 2.75) is 38.3 Å². The Balaban J connectivity index is 2.07. The Bertz CT molecular complexity index is 384. The summed E-state index contributed by atoms with van der Waals surface area (Å²) in [7, 11) is 0. The van der Waals surface area contributed by atoms with E-state index in [1.807, 2.05) is 0 Å². The van der Waals surface area contributed by atoms with E-state index in [4.69, 9.17) is 0 Å². The molecule has 2 rings (SSSR count). The number of hydrogen-bond donors (Lipinski definition) is 1. The van der Waals surface area contributed by atoms with Gasteiger partial charge in [-0.1, -0.05) is 12.8 Å². The highest BCUT2D eigenvalue weighted by molar-refractivity contribution is 5.82. The lowest BCUT2D eigenvalue weighted by Crippen LogP contribution is -2.45. The second kappa shape index (κ2) is 6.01. The lowest BCUT2D eigenvalue weighted by Gasteiger charge is -2.35. The number of alkyl halides is 3. The summed E-state index contributed by atoms with van der Waals surface area (Å²) in [6.45, 7) is 0.825. The number of carbonyl (C=O) groups excluding carboxylic acids is 2. The predicted octanol–water partition coefficient (Wildman–Crippen LogP) is 1.70. The molecule has 7 heteroatoms. The molecule has 1 heterocycles. The van der Waals surface area contributed by atoms with Gasteiger partial charge >= 0.3 is 6.18 Å². The van der Waals surface area contributed by atoms with Gasteiger partial charge < -0.3 is 10.2 Å². The normalized spacial score (nSPS) is 28.8. The van der Waals surface area contributed by atoms with Crippen molar-refractivity contribution in [3.05, 3.63) is 0 Å². The number of halogens is 3. The molecule has 0 radical (unpaired) electrons. The Morgan fingerprint density at radius 1 is 1.20 bits per heavy atom. The molecule has 1 aliphatic heterocycles. The highest BCUT2D eigenvalue weighted by atomic mass is 19.4. The first-order valence-corrected chi connectivity index (χ1v) is 7.02. The van der Waals surface area contributed by atoms with E-state index in [2.05, 4.69) is 5.32 Å². The minimum absolute atomic E-state index is 0.0327. The number of amides is 2. The van der Waals surface area contributed by atoms with E-state index >= 15 is 0 Å². The third kappa shape index (κ3) is 3.43. The molecule has 0 aromatic carbocycles. The summed E-state index contributed by atoms with van der Waals surface area (Å²) in [6.07, 6.45) is -2.65. The molecule has 2 amide bonds. The van der Waals surface area contributed by atoms with E-state index in [0.717, 1.165) is 0 Å². The van der Waals surface area contributed by atoms with Gasteiger partial charge in [0.2, 0.25) is 11.8 Å². The second-order valence-electron chi connectivity index (χ2n) is 5.46. The summed E-state index contributed by atoms with van der Waals surface area (Å²) in [4.78, 5) is 25.0. The maximum Gasteiger partial charge on any atom is 0.392 e. The van der Waals surface area contributed by atoms with Gasteiger partial charge in [-0.3, -0.25) is 9.59 Å². The molecule has 2 fully saturated rings. The van der Waals surface area contributed by atoms with Crippen LogP contribution in [0, 0.1) is 11.8 Å². The van der Waals surface area contributed by atoms with Crippen LogP contribution in [0.25, 0.3) is 0 Å². The molecule has 1 saturated carbocycles. The minimum atomic E-state index is -4.32. The summed E-state index contributed by atoms with van der Waals surface area (Å²) in [5.74, 6) is -3.10. The lowest BCUT2D eigenvalue weighted by atomic mass is 9.78. The first kappa shape index (κ1) is 15.1. The van der Waals surface area contributed by atoms with Crippen LogP contribution in [0.1, 0.15) is 32.1 Å². The van der Waals surface area contributed by atoms with Gasteiger partial charge in [0.25, 0.3) is 0 Å². The summed E-state index contributed by atoms with van der Waals surface area (Å²) in [6, 6.07) is 0. The standard InChI is InChI=1S/C13H19F3N2O2/c14-13(15,16)10-4-2-1-3-9(10)12(20)18-7-5-11(19)17-6-8-18/h9-10H,1-8H2,(H,17,19). The summed E-state index contributed by atoms with van der Waals surface area (Å²) in [5.41, 5.74) is 0. The van der Waals surface area contributed by atoms with Crippen LogP contribution in [0.2, 0.25) is 0 Å². The van der Waals surface area contributed by atoms with Gasteiger partial charge in [-0.25, -0.2) is 0 Å². The van der Waals surface area contributed by atoms with Crippen molar-refractivity contribution in [3.63, 3.8) is 0 Å². The molecule has 0 aromatic heterocycles. The molecule has 20 heavy (non-hydrogen) atoms. The van der Waals surface area contributed by atoms with E-state index < -0.39 is 23.9 Å². The third-order valence-electron chi connectivity index (χ3n) is 4.13. The fourth-order valence-electron chi connectivity index (χ4n) is 3.04. The minimum Gasteiger partial charge on any atom is -0.354 e. The van der Waals surface area contributed by atoms with Crippen molar-refractivity contribution in [2.75, 3.05) is 19.6 Å². The monoisotopic (exact) mass is 292 g/mol. The number of nitrogens with zero attached hydrogens (tertiary/aromatic N) is 1. The SMILES string of the molecule is O=C1CCN(C(=O)C2CCCCC2C(F)(F)F)CCN1. The molecule has 4 nitrogen and oxygen atoms in total. The van der Waals surface area contributed by atoms with E-state index in [-0.39, 0.29) is 25.3 Å². The molecule has 1 saturated heterocycles. The average Bonchev–Trinajstić information content (AvgIpc) is 2.62. The van der Waals surface area contributed by atoms with Crippen LogP contribution in [-0.4, -0.2) is 42.5 Å². The van der Waals surface area contributed by atoms with Crippen LogP contribution in [-0.2, 0) is 9.59 Å². The first-order valence-electron chi connectivity index (χ1n) is 7.02. The van der Waals surface area contributed by atoms with Crippen LogP contribution in [0.15, 0.2) is 0 Å². The Hall–Kier alpha value is -1.27. The van der Waals surface area contributed by atoms with Crippen LogP contribution in [0.3, 0.4) is 0 Å². The van der Waals surface area contributed by atoms with Crippen LogP contribution in [0.5, 0.6) is 0 Å². The summed E-state index contributed by atoms with van der Waals surface area (Å²) in [5, 5.41) is 2.62. The second-order valence-corrected chi connectivity index (χ2v) is 5.46. The Morgan fingerprint density at radius 2 is 1.90 bits per heavy atom. The van der Waals surface area contributed by atoms with Crippen molar-refractivity contribution in [1.29, 1.82) is 0 Å². The zero-order valence-corrected chi connectivity index (χ0v) is 11.2. The van der Waals surface area contributed by atoms with Gasteiger partial charge in [0.1, 0.15) is 0 Å². The van der Waals surface area contributed by atoms with Gasteiger partial charge in [0.05, 0.1) is 5.92 Å². The molecule has 2 aliphatic rings. The van der Waals surface area contributed by atoms with Crippen LogP contribution >= 0.6 is 0 Å². The van der Waals surface area contributed by atoms with E-state index in [1.165, 1.54) is 4.90 Å². The quantitative estimate of drug-likeness (QED) is 0.800. The van der Waals surface area contributed by atoms with E-state index in [9.17, 15) is 22.8 Å². The molecular formula is C13H19F3N2O2. The highest BCUT2D eigenvalue weighted by Gasteiger charge is 2.48. The van der Waals surface area contributed by atoms with Gasteiger partial charge in [-0.05, 0) is 12.8 Å². The average molecular weight is 292 g/mol. The number of hydrogen-bond acceptors (Lipinski definition) is 2. The van der Waals surface area contributed by atoms with Gasteiger partial charge in [0, 0.05) is 32.0 Å². The molecule has 1 aliphatic carbocycles. The molecule has 1 N–H and O–H groups in total. The lowest BCUT2D eigenvalue weighted by molar-refractivity contribution is -0.200. The fourth-order valence-corrected chi connectivity index (χ4v) is 3.04. The number of nitrogens with one attached hydrogen (secondary N) is 1. The van der Waals surface area contributed by atoms with Crippen molar-refractivity contribution >= 4 is 11.8 Å². The number of carbonyl (C=O) groups is 2. The topological polar surface area (TPSA) is 49.4 Å². The van der Waals surface area contributed by atoms with Crippen molar-refractivity contribution < 1.29 is 22.8 Å². The Labute approximate surface area is 115 Å². The van der Waals surface area contributed by atoms with E-state index in [1.54, 1.807) is 0 Å². The number of rotatable bonds is 1. The molecular weight excluding hydrogens is 273 g/mol. The molecule has 114 valence electrons. The molecule has 0 spiro atoms. The van der Waals surface area contributed by atoms with Gasteiger partial charge in [-0.2, -0.15) is 13.2 Å². The molecule has 2 atom stereocenters. The zero-order valence-electron chi connectivity index (χ0n) is 11.2. The highest BCUT2D eigenvalue weighted by Crippen LogP contribution is 2.42. The summed E-state index contributed by atoms with van der Waals surface area (Å²) < 4.78 is 39.1. The van der Waals surface area contributed by atoms with Crippen LogP contribution in [0.4, 0.5) is 13.2 Å². The maximum absolute atomic E-state index is 13.0. The zero-order chi connectivity index (χ0) is 14.8. The smallest absolute Gasteiger partial charge is 0.354 e. The Kier molecular flexibility index (Phi) is 4.55. The van der Waals surface area contributed by atoms with Crippen molar-refractivity contribution in [2.24, 2.45) is 11.8 Å². The fraction of sp³-hybridized carbons (Fsp3) is 0.846. The van der Waals surface area contributed by atoms with Crippen LogP contribution < -0.4 is 5.32 Å². The molecule has 2 unspecified atom stereocenters. The van der Waals surface area contributed by atoms with Gasteiger partial charge in [-0.15, -0.1) is 0 Å². The third-order valence-corrected chi connectivity index (χ3v) is 4.13. The maximum atomic E-state index is 13.0. The van der Waals surface area contributed by atoms with E-state index in [0.29, 0.717) is 32.4 Å². The Morgan fingerprint density at radius 3 is 2.60 bits per heavy atom. The summed E-state index contributed by atoms with van der Waals surface area (Å²) >= 11 is 0. The van der Waals surface area contributed by atoms with Crippen molar-refractivity contribution in [1.82, 2.24) is 10.2 Å².